The fourth-order valence-electron chi connectivity index (χ4n) is 4.70. The highest BCUT2D eigenvalue weighted by Gasteiger charge is 2.73. The molecule has 0 aromatic carbocycles. The predicted molar refractivity (Wildman–Crippen MR) is 92.0 cm³/mol. The van der Waals surface area contributed by atoms with E-state index in [1.807, 2.05) is 0 Å². The van der Waals surface area contributed by atoms with Gasteiger partial charge in [0.25, 0.3) is 5.92 Å². The molecule has 2 bridgehead atoms. The fourth-order valence-corrected chi connectivity index (χ4v) is 6.32. The number of rotatable bonds is 6. The molecule has 25 heavy (non-hydrogen) atoms. The van der Waals surface area contributed by atoms with Gasteiger partial charge in [-0.2, -0.15) is 0 Å². The van der Waals surface area contributed by atoms with Crippen LogP contribution in [-0.2, 0) is 10.0 Å². The maximum Gasteiger partial charge on any atom is 0.254 e. The molecule has 0 amide bonds. The van der Waals surface area contributed by atoms with Gasteiger partial charge in [0.2, 0.25) is 10.0 Å². The highest BCUT2D eigenvalue weighted by molar-refractivity contribution is 7.89. The van der Waals surface area contributed by atoms with E-state index in [1.165, 1.54) is 0 Å². The van der Waals surface area contributed by atoms with E-state index in [1.54, 1.807) is 20.8 Å². The monoisotopic (exact) mass is 380 g/mol. The van der Waals surface area contributed by atoms with Crippen LogP contribution in [0.2, 0.25) is 0 Å². The van der Waals surface area contributed by atoms with E-state index in [-0.39, 0.29) is 30.7 Å². The molecule has 3 rings (SSSR count). The van der Waals surface area contributed by atoms with Crippen molar-refractivity contribution in [1.29, 1.82) is 0 Å². The third-order valence-electron chi connectivity index (χ3n) is 5.84. The molecule has 3 atom stereocenters. The number of halogens is 2. The number of hydrogen-bond donors (Lipinski definition) is 2. The van der Waals surface area contributed by atoms with Crippen LogP contribution in [0, 0.1) is 5.41 Å². The Morgan fingerprint density at radius 3 is 2.20 bits per heavy atom. The maximum atomic E-state index is 13.7. The lowest BCUT2D eigenvalue weighted by atomic mass is 9.87. The summed E-state index contributed by atoms with van der Waals surface area (Å²) in [6.07, 6.45) is 2.23. The molecule has 2 aliphatic heterocycles. The lowest BCUT2D eigenvalue weighted by Gasteiger charge is -2.40. The first-order valence-electron chi connectivity index (χ1n) is 9.16. The molecule has 5 nitrogen and oxygen atoms in total. The summed E-state index contributed by atoms with van der Waals surface area (Å²) in [5, 5.41) is 10.3. The Morgan fingerprint density at radius 1 is 1.24 bits per heavy atom. The van der Waals surface area contributed by atoms with Gasteiger partial charge in [0.1, 0.15) is 0 Å². The van der Waals surface area contributed by atoms with Crippen molar-refractivity contribution in [1.82, 2.24) is 9.62 Å². The highest BCUT2D eigenvalue weighted by Crippen LogP contribution is 2.69. The molecular formula is C17H30F2N2O3S. The van der Waals surface area contributed by atoms with Gasteiger partial charge in [-0.25, -0.2) is 21.9 Å². The van der Waals surface area contributed by atoms with E-state index in [2.05, 4.69) is 9.62 Å². The molecule has 0 aromatic heterocycles. The van der Waals surface area contributed by atoms with Gasteiger partial charge in [0.05, 0.1) is 11.9 Å². The predicted octanol–water partition coefficient (Wildman–Crippen LogP) is 2.11. The molecular weight excluding hydrogens is 350 g/mol. The van der Waals surface area contributed by atoms with E-state index in [0.717, 1.165) is 12.8 Å². The lowest BCUT2D eigenvalue weighted by Crippen LogP contribution is -2.48. The third-order valence-corrected chi connectivity index (χ3v) is 7.53. The van der Waals surface area contributed by atoms with Crippen molar-refractivity contribution in [2.45, 2.75) is 88.9 Å². The van der Waals surface area contributed by atoms with E-state index in [9.17, 15) is 22.3 Å². The number of aliphatic hydroxyl groups is 1. The minimum absolute atomic E-state index is 0.0140. The van der Waals surface area contributed by atoms with Crippen LogP contribution in [0.5, 0.6) is 0 Å². The lowest BCUT2D eigenvalue weighted by molar-refractivity contribution is -0.00991. The molecule has 1 aliphatic carbocycles. The van der Waals surface area contributed by atoms with Crippen LogP contribution in [0.4, 0.5) is 8.78 Å². The van der Waals surface area contributed by atoms with Crippen LogP contribution in [0.15, 0.2) is 0 Å². The number of aliphatic hydroxyl groups excluding tert-OH is 1. The van der Waals surface area contributed by atoms with Gasteiger partial charge >= 0.3 is 0 Å². The largest absolute Gasteiger partial charge is 0.392 e. The Balaban J connectivity index is 1.50. The molecule has 3 unspecified atom stereocenters. The summed E-state index contributed by atoms with van der Waals surface area (Å²) in [6.45, 7) is 5.70. The van der Waals surface area contributed by atoms with Gasteiger partial charge < -0.3 is 5.11 Å². The van der Waals surface area contributed by atoms with Gasteiger partial charge in [-0.1, -0.05) is 0 Å². The molecule has 2 heterocycles. The average Bonchev–Trinajstić information content (AvgIpc) is 2.85. The normalized spacial score (nSPS) is 35.9. The Labute approximate surface area is 149 Å². The number of hydrogen-bond acceptors (Lipinski definition) is 4. The van der Waals surface area contributed by atoms with Crippen LogP contribution < -0.4 is 4.72 Å². The zero-order chi connectivity index (χ0) is 18.7. The SMILES string of the molecule is CC(C)(C)NS(=O)(=O)CCC(O)CN1C2CCC1CC1(C2)CC1(F)F. The second kappa shape index (κ2) is 6.11. The van der Waals surface area contributed by atoms with Crippen molar-refractivity contribution in [2.75, 3.05) is 12.3 Å². The summed E-state index contributed by atoms with van der Waals surface area (Å²) in [6, 6.07) is 0.206. The number of alkyl halides is 2. The first kappa shape index (κ1) is 19.5. The fraction of sp³-hybridized carbons (Fsp3) is 1.00. The number of nitrogens with zero attached hydrogens (tertiary/aromatic N) is 1. The molecule has 3 aliphatic rings. The van der Waals surface area contributed by atoms with Crippen LogP contribution in [0.1, 0.15) is 59.3 Å². The topological polar surface area (TPSA) is 69.6 Å². The van der Waals surface area contributed by atoms with Gasteiger partial charge in [-0.3, -0.25) is 4.90 Å². The number of nitrogens with one attached hydrogen (secondary N) is 1. The van der Waals surface area contributed by atoms with Crippen LogP contribution in [0.25, 0.3) is 0 Å². The summed E-state index contributed by atoms with van der Waals surface area (Å²) in [4.78, 5) is 2.15. The van der Waals surface area contributed by atoms with E-state index >= 15 is 0 Å². The van der Waals surface area contributed by atoms with Crippen molar-refractivity contribution < 1.29 is 22.3 Å². The second-order valence-corrected chi connectivity index (χ2v) is 11.1. The Bertz CT molecular complexity index is 604. The van der Waals surface area contributed by atoms with E-state index in [0.29, 0.717) is 19.4 Å². The van der Waals surface area contributed by atoms with Gasteiger partial charge in [-0.05, 0) is 52.9 Å². The molecule has 1 saturated carbocycles. The Hall–Kier alpha value is -0.310. The maximum absolute atomic E-state index is 13.7. The standard InChI is InChI=1S/C17H30F2N2O3S/c1-15(2,3)20-25(23,24)7-6-14(22)10-21-12-4-5-13(21)9-16(8-12)11-17(16,18)19/h12-14,20,22H,4-11H2,1-3H3. The van der Waals surface area contributed by atoms with Crippen LogP contribution >= 0.6 is 0 Å². The van der Waals surface area contributed by atoms with Crippen LogP contribution in [-0.4, -0.2) is 60.4 Å². The van der Waals surface area contributed by atoms with Crippen molar-refractivity contribution in [3.05, 3.63) is 0 Å². The minimum Gasteiger partial charge on any atom is -0.392 e. The van der Waals surface area contributed by atoms with Crippen LogP contribution in [0.3, 0.4) is 0 Å². The molecule has 146 valence electrons. The Kier molecular flexibility index (Phi) is 4.75. The summed E-state index contributed by atoms with van der Waals surface area (Å²) in [7, 11) is -3.44. The van der Waals surface area contributed by atoms with Gasteiger partial charge in [0, 0.05) is 36.0 Å². The average molecular weight is 381 g/mol. The van der Waals surface area contributed by atoms with E-state index < -0.39 is 33.0 Å². The van der Waals surface area contributed by atoms with Crippen molar-refractivity contribution in [3.8, 4) is 0 Å². The molecule has 2 N–H and O–H groups in total. The van der Waals surface area contributed by atoms with Crippen molar-refractivity contribution >= 4 is 10.0 Å². The number of fused-ring (bicyclic) bond motifs is 2. The first-order chi connectivity index (χ1) is 11.3. The molecule has 8 heteroatoms. The second-order valence-electron chi connectivity index (χ2n) is 9.27. The van der Waals surface area contributed by atoms with Crippen molar-refractivity contribution in [2.24, 2.45) is 5.41 Å². The summed E-state index contributed by atoms with van der Waals surface area (Å²) in [5.41, 5.74) is -1.33. The quantitative estimate of drug-likeness (QED) is 0.741. The summed E-state index contributed by atoms with van der Waals surface area (Å²) in [5.74, 6) is -2.64. The summed E-state index contributed by atoms with van der Waals surface area (Å²) < 4.78 is 54.0. The molecule has 3 fully saturated rings. The zero-order valence-electron chi connectivity index (χ0n) is 15.3. The molecule has 0 aromatic rings. The Morgan fingerprint density at radius 2 is 1.76 bits per heavy atom. The first-order valence-corrected chi connectivity index (χ1v) is 10.8. The summed E-state index contributed by atoms with van der Waals surface area (Å²) >= 11 is 0. The zero-order valence-corrected chi connectivity index (χ0v) is 16.1. The smallest absolute Gasteiger partial charge is 0.254 e. The van der Waals surface area contributed by atoms with Gasteiger partial charge in [-0.15, -0.1) is 0 Å². The van der Waals surface area contributed by atoms with Gasteiger partial charge in [0.15, 0.2) is 0 Å². The molecule has 2 saturated heterocycles. The molecule has 0 radical (unpaired) electrons. The third kappa shape index (κ3) is 4.17. The minimum atomic E-state index is -3.44. The number of piperidine rings is 1. The van der Waals surface area contributed by atoms with Crippen molar-refractivity contribution in [3.63, 3.8) is 0 Å². The highest BCUT2D eigenvalue weighted by atomic mass is 32.2. The van der Waals surface area contributed by atoms with E-state index in [4.69, 9.17) is 0 Å². The number of sulfonamides is 1. The molecule has 1 spiro atoms.